The first-order chi connectivity index (χ1) is 17.5. The molecule has 12 heteroatoms. The zero-order chi connectivity index (χ0) is 25.7. The standard InChI is InChI=1S/C25H27N5O5S.ClH/c1-32-20-6-5-14(7-19(20)29-25(31)18(26)10-16-11-27-13-28-16)17-12-36-30-23(17)15-8-21(33-2)24(35-4)22(9-15)34-3;/h5-9,11-13,18H,10,26H2,1-4H3,(H,27,28)(H,29,31);1H. The Labute approximate surface area is 224 Å². The van der Waals surface area contributed by atoms with Gasteiger partial charge in [0.15, 0.2) is 11.5 Å². The summed E-state index contributed by atoms with van der Waals surface area (Å²) in [5.74, 6) is 1.73. The fourth-order valence-electron chi connectivity index (χ4n) is 3.79. The number of amides is 1. The van der Waals surface area contributed by atoms with Gasteiger partial charge in [0.2, 0.25) is 11.7 Å². The second kappa shape index (κ2) is 12.4. The minimum atomic E-state index is -0.767. The first-order valence-electron chi connectivity index (χ1n) is 11.0. The largest absolute Gasteiger partial charge is 0.495 e. The van der Waals surface area contributed by atoms with Crippen molar-refractivity contribution in [3.63, 3.8) is 0 Å². The summed E-state index contributed by atoms with van der Waals surface area (Å²) in [5.41, 5.74) is 10.6. The number of halogens is 1. The van der Waals surface area contributed by atoms with E-state index in [1.165, 1.54) is 11.5 Å². The molecule has 1 atom stereocenters. The van der Waals surface area contributed by atoms with Crippen molar-refractivity contribution in [2.45, 2.75) is 12.5 Å². The third-order valence-corrected chi connectivity index (χ3v) is 6.24. The molecule has 0 saturated heterocycles. The lowest BCUT2D eigenvalue weighted by atomic mass is 10.0. The van der Waals surface area contributed by atoms with Gasteiger partial charge in [-0.3, -0.25) is 4.79 Å². The Morgan fingerprint density at radius 1 is 1.03 bits per heavy atom. The number of ether oxygens (including phenoxy) is 4. The first-order valence-corrected chi connectivity index (χ1v) is 11.8. The van der Waals surface area contributed by atoms with E-state index in [0.29, 0.717) is 35.1 Å². The summed E-state index contributed by atoms with van der Waals surface area (Å²) in [6.45, 7) is 0. The van der Waals surface area contributed by atoms with E-state index in [4.69, 9.17) is 24.7 Å². The number of carbonyl (C=O) groups excluding carboxylic acids is 1. The molecule has 2 aromatic heterocycles. The molecule has 0 fully saturated rings. The van der Waals surface area contributed by atoms with Crippen LogP contribution in [-0.4, -0.2) is 54.7 Å². The highest BCUT2D eigenvalue weighted by atomic mass is 35.5. The summed E-state index contributed by atoms with van der Waals surface area (Å²) < 4.78 is 26.5. The number of nitrogens with two attached hydrogens (primary N) is 1. The molecule has 2 heterocycles. The molecule has 0 aliphatic carbocycles. The van der Waals surface area contributed by atoms with Gasteiger partial charge in [-0.15, -0.1) is 12.4 Å². The molecule has 1 unspecified atom stereocenters. The molecule has 196 valence electrons. The van der Waals surface area contributed by atoms with Crippen LogP contribution >= 0.6 is 23.9 Å². The van der Waals surface area contributed by atoms with Crippen LogP contribution in [-0.2, 0) is 11.2 Å². The number of rotatable bonds is 10. The lowest BCUT2D eigenvalue weighted by Crippen LogP contribution is -2.37. The van der Waals surface area contributed by atoms with E-state index in [9.17, 15) is 4.79 Å². The number of nitrogens with zero attached hydrogens (tertiary/aromatic N) is 2. The number of anilines is 1. The van der Waals surface area contributed by atoms with Crippen LogP contribution in [0.15, 0.2) is 48.2 Å². The average Bonchev–Trinajstić information content (AvgIpc) is 3.60. The van der Waals surface area contributed by atoms with E-state index in [2.05, 4.69) is 19.7 Å². The molecule has 1 amide bonds. The fourth-order valence-corrected chi connectivity index (χ4v) is 4.51. The van der Waals surface area contributed by atoms with E-state index in [0.717, 1.165) is 28.1 Å². The highest BCUT2D eigenvalue weighted by Crippen LogP contribution is 2.44. The monoisotopic (exact) mass is 545 g/mol. The predicted octanol–water partition coefficient (Wildman–Crippen LogP) is 4.16. The van der Waals surface area contributed by atoms with Crippen molar-refractivity contribution in [2.24, 2.45) is 5.73 Å². The zero-order valence-electron chi connectivity index (χ0n) is 20.7. The lowest BCUT2D eigenvalue weighted by Gasteiger charge is -2.16. The fraction of sp³-hybridized carbons (Fsp3) is 0.240. The Balaban J connectivity index is 0.00000380. The van der Waals surface area contributed by atoms with Gasteiger partial charge in [-0.1, -0.05) is 6.07 Å². The van der Waals surface area contributed by atoms with Gasteiger partial charge in [0.1, 0.15) is 5.75 Å². The summed E-state index contributed by atoms with van der Waals surface area (Å²) in [6, 6.07) is 8.47. The number of aromatic nitrogens is 3. The smallest absolute Gasteiger partial charge is 0.241 e. The van der Waals surface area contributed by atoms with Crippen LogP contribution in [0.1, 0.15) is 5.69 Å². The van der Waals surface area contributed by atoms with Crippen LogP contribution in [0, 0.1) is 0 Å². The van der Waals surface area contributed by atoms with Crippen LogP contribution in [0.4, 0.5) is 5.69 Å². The molecule has 0 aliphatic heterocycles. The lowest BCUT2D eigenvalue weighted by molar-refractivity contribution is -0.117. The van der Waals surface area contributed by atoms with E-state index in [-0.39, 0.29) is 18.3 Å². The molecule has 0 radical (unpaired) electrons. The molecule has 0 bridgehead atoms. The van der Waals surface area contributed by atoms with E-state index < -0.39 is 6.04 Å². The van der Waals surface area contributed by atoms with Gasteiger partial charge in [0, 0.05) is 34.8 Å². The molecule has 37 heavy (non-hydrogen) atoms. The Bertz CT molecular complexity index is 1320. The maximum atomic E-state index is 12.8. The number of methoxy groups -OCH3 is 4. The summed E-state index contributed by atoms with van der Waals surface area (Å²) >= 11 is 1.32. The topological polar surface area (TPSA) is 134 Å². The third kappa shape index (κ3) is 5.96. The van der Waals surface area contributed by atoms with Crippen LogP contribution in [0.25, 0.3) is 22.4 Å². The molecular weight excluding hydrogens is 518 g/mol. The van der Waals surface area contributed by atoms with Crippen LogP contribution in [0.3, 0.4) is 0 Å². The molecule has 4 N–H and O–H groups in total. The Hall–Kier alpha value is -3.80. The van der Waals surface area contributed by atoms with Gasteiger partial charge in [0.25, 0.3) is 0 Å². The summed E-state index contributed by atoms with van der Waals surface area (Å²) in [6.07, 6.45) is 3.52. The first kappa shape index (κ1) is 27.8. The van der Waals surface area contributed by atoms with E-state index >= 15 is 0 Å². The van der Waals surface area contributed by atoms with Crippen LogP contribution in [0.2, 0.25) is 0 Å². The minimum Gasteiger partial charge on any atom is -0.495 e. The maximum absolute atomic E-state index is 12.8. The van der Waals surface area contributed by atoms with Gasteiger partial charge in [-0.25, -0.2) is 4.98 Å². The molecule has 0 aliphatic rings. The number of benzene rings is 2. The Kier molecular flexibility index (Phi) is 9.34. The highest BCUT2D eigenvalue weighted by molar-refractivity contribution is 7.04. The van der Waals surface area contributed by atoms with Crippen molar-refractivity contribution < 1.29 is 23.7 Å². The molecule has 0 saturated carbocycles. The van der Waals surface area contributed by atoms with Crippen molar-refractivity contribution in [1.82, 2.24) is 14.3 Å². The van der Waals surface area contributed by atoms with Crippen molar-refractivity contribution in [1.29, 1.82) is 0 Å². The Morgan fingerprint density at radius 3 is 2.32 bits per heavy atom. The summed E-state index contributed by atoms with van der Waals surface area (Å²) in [4.78, 5) is 19.7. The van der Waals surface area contributed by atoms with E-state index in [1.807, 2.05) is 29.6 Å². The number of H-pyrrole nitrogens is 1. The van der Waals surface area contributed by atoms with E-state index in [1.54, 1.807) is 47.0 Å². The molecule has 2 aromatic carbocycles. The number of aromatic amines is 1. The van der Waals surface area contributed by atoms with Crippen molar-refractivity contribution in [2.75, 3.05) is 33.8 Å². The zero-order valence-corrected chi connectivity index (χ0v) is 22.4. The SMILES string of the molecule is COc1ccc(-c2csnc2-c2cc(OC)c(OC)c(OC)c2)cc1NC(=O)C(N)Cc1cnc[nH]1.Cl. The quantitative estimate of drug-likeness (QED) is 0.270. The summed E-state index contributed by atoms with van der Waals surface area (Å²) in [7, 11) is 6.24. The molecule has 4 rings (SSSR count). The Morgan fingerprint density at radius 2 is 1.73 bits per heavy atom. The van der Waals surface area contributed by atoms with Gasteiger partial charge in [-0.05, 0) is 41.4 Å². The number of carbonyl (C=O) groups is 1. The number of nitrogens with one attached hydrogen (secondary N) is 2. The molecule has 0 spiro atoms. The van der Waals surface area contributed by atoms with Gasteiger partial charge < -0.3 is 35.0 Å². The molecular formula is C25H28ClN5O5S. The molecule has 4 aromatic rings. The predicted molar refractivity (Wildman–Crippen MR) is 145 cm³/mol. The second-order valence-corrected chi connectivity index (χ2v) is 8.41. The summed E-state index contributed by atoms with van der Waals surface area (Å²) in [5, 5.41) is 4.83. The van der Waals surface area contributed by atoms with Crippen LogP contribution < -0.4 is 30.0 Å². The van der Waals surface area contributed by atoms with Crippen molar-refractivity contribution in [3.05, 3.63) is 53.9 Å². The minimum absolute atomic E-state index is 0. The second-order valence-electron chi connectivity index (χ2n) is 7.78. The van der Waals surface area contributed by atoms with Gasteiger partial charge in [0.05, 0.1) is 52.2 Å². The molecule has 10 nitrogen and oxygen atoms in total. The number of hydrogen-bond donors (Lipinski definition) is 3. The van der Waals surface area contributed by atoms with Gasteiger partial charge >= 0.3 is 0 Å². The van der Waals surface area contributed by atoms with Gasteiger partial charge in [-0.2, -0.15) is 4.37 Å². The maximum Gasteiger partial charge on any atom is 0.241 e. The third-order valence-electron chi connectivity index (χ3n) is 5.61. The average molecular weight is 546 g/mol. The normalized spacial score (nSPS) is 11.3. The number of hydrogen-bond acceptors (Lipinski definition) is 9. The van der Waals surface area contributed by atoms with Crippen LogP contribution in [0.5, 0.6) is 23.0 Å². The van der Waals surface area contributed by atoms with Crippen molar-refractivity contribution >= 4 is 35.5 Å². The number of imidazole rings is 1. The highest BCUT2D eigenvalue weighted by Gasteiger charge is 2.20. The van der Waals surface area contributed by atoms with Crippen molar-refractivity contribution in [3.8, 4) is 45.4 Å².